The van der Waals surface area contributed by atoms with Crippen LogP contribution < -0.4 is 10.6 Å². The fraction of sp³-hybridized carbons (Fsp3) is 0.583. The van der Waals surface area contributed by atoms with Crippen LogP contribution in [0.1, 0.15) is 25.5 Å². The Morgan fingerprint density at radius 2 is 2.35 bits per heavy atom. The van der Waals surface area contributed by atoms with E-state index in [1.807, 2.05) is 6.07 Å². The van der Waals surface area contributed by atoms with Gasteiger partial charge in [-0.05, 0) is 18.8 Å². The number of nitrogens with zero attached hydrogens (tertiary/aromatic N) is 4. The summed E-state index contributed by atoms with van der Waals surface area (Å²) >= 11 is 0. The van der Waals surface area contributed by atoms with Crippen molar-refractivity contribution in [2.24, 2.45) is 11.7 Å². The first-order valence-electron chi connectivity index (χ1n) is 5.93. The predicted molar refractivity (Wildman–Crippen MR) is 65.3 cm³/mol. The molecule has 1 aliphatic heterocycles. The van der Waals surface area contributed by atoms with Crippen LogP contribution in [0.5, 0.6) is 0 Å². The molecule has 5 nitrogen and oxygen atoms in total. The van der Waals surface area contributed by atoms with Gasteiger partial charge in [-0.15, -0.1) is 0 Å². The summed E-state index contributed by atoms with van der Waals surface area (Å²) in [6, 6.07) is 2.31. The van der Waals surface area contributed by atoms with Crippen molar-refractivity contribution in [2.45, 2.75) is 25.8 Å². The van der Waals surface area contributed by atoms with Crippen LogP contribution in [0.25, 0.3) is 0 Å². The summed E-state index contributed by atoms with van der Waals surface area (Å²) in [5.74, 6) is 1.54. The SMILES string of the molecule is CC1CCN(c2cnc(C#N)cn2)C(CN)C1. The van der Waals surface area contributed by atoms with Crippen molar-refractivity contribution in [1.29, 1.82) is 5.26 Å². The first-order chi connectivity index (χ1) is 8.24. The summed E-state index contributed by atoms with van der Waals surface area (Å²) in [5, 5.41) is 8.69. The Morgan fingerprint density at radius 3 is 2.94 bits per heavy atom. The molecule has 0 aliphatic carbocycles. The molecule has 1 saturated heterocycles. The van der Waals surface area contributed by atoms with Crippen LogP contribution in [-0.4, -0.2) is 29.1 Å². The van der Waals surface area contributed by atoms with Crippen molar-refractivity contribution in [3.8, 4) is 6.07 Å². The Kier molecular flexibility index (Phi) is 3.55. The van der Waals surface area contributed by atoms with Gasteiger partial charge in [0.2, 0.25) is 0 Å². The highest BCUT2D eigenvalue weighted by Gasteiger charge is 2.26. The number of rotatable bonds is 2. The normalized spacial score (nSPS) is 24.4. The standard InChI is InChI=1S/C12H17N5/c1-9-2-3-17(11(4-9)6-14)12-8-15-10(5-13)7-16-12/h7-9,11H,2-4,6,14H2,1H3. The zero-order valence-corrected chi connectivity index (χ0v) is 10.0. The second-order valence-corrected chi connectivity index (χ2v) is 4.58. The van der Waals surface area contributed by atoms with Gasteiger partial charge in [0.15, 0.2) is 5.69 Å². The van der Waals surface area contributed by atoms with Crippen molar-refractivity contribution in [2.75, 3.05) is 18.0 Å². The Hall–Kier alpha value is -1.67. The quantitative estimate of drug-likeness (QED) is 0.818. The van der Waals surface area contributed by atoms with E-state index < -0.39 is 0 Å². The van der Waals surface area contributed by atoms with Gasteiger partial charge in [0.25, 0.3) is 0 Å². The summed E-state index contributed by atoms with van der Waals surface area (Å²) in [7, 11) is 0. The van der Waals surface area contributed by atoms with Crippen molar-refractivity contribution in [3.63, 3.8) is 0 Å². The van der Waals surface area contributed by atoms with Gasteiger partial charge in [-0.1, -0.05) is 6.92 Å². The average molecular weight is 231 g/mol. The molecule has 1 aromatic rings. The third-order valence-corrected chi connectivity index (χ3v) is 3.30. The summed E-state index contributed by atoms with van der Waals surface area (Å²) in [6.07, 6.45) is 5.43. The summed E-state index contributed by atoms with van der Waals surface area (Å²) in [5.41, 5.74) is 6.16. The lowest BCUT2D eigenvalue weighted by atomic mass is 9.92. The number of anilines is 1. The number of nitriles is 1. The van der Waals surface area contributed by atoms with Gasteiger partial charge in [-0.3, -0.25) is 0 Å². The van der Waals surface area contributed by atoms with Crippen LogP contribution in [0.3, 0.4) is 0 Å². The van der Waals surface area contributed by atoms with E-state index in [0.717, 1.165) is 25.2 Å². The molecule has 1 fully saturated rings. The van der Waals surface area contributed by atoms with Gasteiger partial charge in [0.1, 0.15) is 11.9 Å². The van der Waals surface area contributed by atoms with E-state index >= 15 is 0 Å². The number of aromatic nitrogens is 2. The number of hydrogen-bond donors (Lipinski definition) is 1. The van der Waals surface area contributed by atoms with Crippen LogP contribution >= 0.6 is 0 Å². The molecule has 17 heavy (non-hydrogen) atoms. The van der Waals surface area contributed by atoms with Gasteiger partial charge < -0.3 is 10.6 Å². The van der Waals surface area contributed by atoms with Crippen LogP contribution in [-0.2, 0) is 0 Å². The molecule has 5 heteroatoms. The monoisotopic (exact) mass is 231 g/mol. The van der Waals surface area contributed by atoms with Gasteiger partial charge in [0, 0.05) is 19.1 Å². The van der Waals surface area contributed by atoms with Crippen LogP contribution in [0, 0.1) is 17.2 Å². The predicted octanol–water partition coefficient (Wildman–Crippen LogP) is 0.912. The third-order valence-electron chi connectivity index (χ3n) is 3.30. The minimum Gasteiger partial charge on any atom is -0.351 e. The highest BCUT2D eigenvalue weighted by atomic mass is 15.2. The molecule has 0 saturated carbocycles. The molecular formula is C12H17N5. The Balaban J connectivity index is 2.17. The molecule has 0 spiro atoms. The lowest BCUT2D eigenvalue weighted by Crippen LogP contribution is -2.46. The fourth-order valence-corrected chi connectivity index (χ4v) is 2.30. The Labute approximate surface area is 101 Å². The molecule has 2 heterocycles. The van der Waals surface area contributed by atoms with E-state index in [-0.39, 0.29) is 0 Å². The second-order valence-electron chi connectivity index (χ2n) is 4.58. The fourth-order valence-electron chi connectivity index (χ4n) is 2.30. The van der Waals surface area contributed by atoms with E-state index in [0.29, 0.717) is 24.2 Å². The third kappa shape index (κ3) is 2.53. The smallest absolute Gasteiger partial charge is 0.158 e. The largest absolute Gasteiger partial charge is 0.351 e. The highest BCUT2D eigenvalue weighted by molar-refractivity contribution is 5.39. The Bertz CT molecular complexity index is 408. The molecule has 1 aliphatic rings. The first kappa shape index (κ1) is 11.8. The van der Waals surface area contributed by atoms with E-state index in [1.54, 1.807) is 6.20 Å². The van der Waals surface area contributed by atoms with E-state index in [9.17, 15) is 0 Å². The molecule has 2 atom stereocenters. The summed E-state index contributed by atoms with van der Waals surface area (Å²) in [4.78, 5) is 10.5. The maximum atomic E-state index is 8.69. The maximum Gasteiger partial charge on any atom is 0.158 e. The average Bonchev–Trinajstić information content (AvgIpc) is 2.39. The number of nitrogens with two attached hydrogens (primary N) is 1. The zero-order chi connectivity index (χ0) is 12.3. The minimum atomic E-state index is 0.334. The second kappa shape index (κ2) is 5.11. The van der Waals surface area contributed by atoms with E-state index in [4.69, 9.17) is 11.0 Å². The number of piperidine rings is 1. The van der Waals surface area contributed by atoms with Crippen molar-refractivity contribution < 1.29 is 0 Å². The van der Waals surface area contributed by atoms with Crippen LogP contribution in [0.15, 0.2) is 12.4 Å². The van der Waals surface area contributed by atoms with Gasteiger partial charge in [-0.2, -0.15) is 5.26 Å². The van der Waals surface area contributed by atoms with E-state index in [1.165, 1.54) is 6.20 Å². The zero-order valence-electron chi connectivity index (χ0n) is 10.0. The molecule has 2 N–H and O–H groups in total. The molecular weight excluding hydrogens is 214 g/mol. The summed E-state index contributed by atoms with van der Waals surface area (Å²) in [6.45, 7) is 3.85. The first-order valence-corrected chi connectivity index (χ1v) is 5.93. The van der Waals surface area contributed by atoms with E-state index in [2.05, 4.69) is 21.8 Å². The van der Waals surface area contributed by atoms with Gasteiger partial charge >= 0.3 is 0 Å². The number of hydrogen-bond acceptors (Lipinski definition) is 5. The van der Waals surface area contributed by atoms with Gasteiger partial charge in [0.05, 0.1) is 12.4 Å². The molecule has 0 aromatic carbocycles. The molecule has 2 unspecified atom stereocenters. The topological polar surface area (TPSA) is 78.8 Å². The summed E-state index contributed by atoms with van der Waals surface area (Å²) < 4.78 is 0. The van der Waals surface area contributed by atoms with Crippen molar-refractivity contribution in [1.82, 2.24) is 9.97 Å². The molecule has 90 valence electrons. The molecule has 0 amide bonds. The van der Waals surface area contributed by atoms with Crippen LogP contribution in [0.4, 0.5) is 5.82 Å². The van der Waals surface area contributed by atoms with Crippen molar-refractivity contribution >= 4 is 5.82 Å². The molecule has 0 bridgehead atoms. The van der Waals surface area contributed by atoms with Gasteiger partial charge in [-0.25, -0.2) is 9.97 Å². The Morgan fingerprint density at radius 1 is 1.53 bits per heavy atom. The molecule has 1 aromatic heterocycles. The maximum absolute atomic E-state index is 8.69. The van der Waals surface area contributed by atoms with Crippen LogP contribution in [0.2, 0.25) is 0 Å². The minimum absolute atomic E-state index is 0.334. The molecule has 0 radical (unpaired) electrons. The van der Waals surface area contributed by atoms with Crippen molar-refractivity contribution in [3.05, 3.63) is 18.1 Å². The molecule has 2 rings (SSSR count). The lowest BCUT2D eigenvalue weighted by Gasteiger charge is -2.38. The highest BCUT2D eigenvalue weighted by Crippen LogP contribution is 2.25. The lowest BCUT2D eigenvalue weighted by molar-refractivity contribution is 0.364.